The summed E-state index contributed by atoms with van der Waals surface area (Å²) in [6.07, 6.45) is 6.76. The Labute approximate surface area is 473 Å². The average molecular weight is 1140 g/mol. The molecule has 0 radical (unpaired) electrons. The minimum Gasteiger partial charge on any atom is -0.493 e. The number of carbonyl (C=O) groups excluding carboxylic acids is 8. The number of methoxy groups -OCH3 is 2. The highest BCUT2D eigenvalue weighted by atomic mass is 16.7. The van der Waals surface area contributed by atoms with Crippen molar-refractivity contribution >= 4 is 82.2 Å². The Morgan fingerprint density at radius 3 is 2.02 bits per heavy atom. The molecule has 82 heavy (non-hydrogen) atoms. The Kier molecular flexibility index (Phi) is 23.2. The number of esters is 1. The lowest BCUT2D eigenvalue weighted by Crippen LogP contribution is -2.41. The number of aliphatic hydroxyl groups excluding tert-OH is 1. The lowest BCUT2D eigenvalue weighted by Gasteiger charge is -2.21. The van der Waals surface area contributed by atoms with Crippen LogP contribution in [-0.4, -0.2) is 145 Å². The standard InChI is InChI=1S/C56H71N11O15/c1-8-39(32-68)82-50(78-7)33-81-56(76)59-21-18-49(70)60-34(2)55(75)80-23-13-20-58-52(72)43-25-37(30-65(43)3)62-54(74)45-26-38(31-67(45)5)63-53(73)44-24-36(29-66(44)4)61-48(69)17-12-22-79-47-28-42-40(27-46(47)77-6)51(71)64-41-16-10-9-14-35(41)15-11-19-57-42/h9-10,14,16,19,24-31,34,39,50,68H,8,11-13,15,17-18,20-23,32-33H2,1-7H3,(H,58,72)(H,59,76)(H,60,70)(H,61,69)(H,62,74)(H,63,73)(H,64,71)/b57-19-/t34-,39?,50?/m0/s1. The van der Waals surface area contributed by atoms with E-state index in [9.17, 15) is 43.5 Å². The lowest BCUT2D eigenvalue weighted by molar-refractivity contribution is -0.181. The molecule has 1 aliphatic heterocycles. The van der Waals surface area contributed by atoms with E-state index in [1.54, 1.807) is 62.6 Å². The highest BCUT2D eigenvalue weighted by Crippen LogP contribution is 2.36. The maximum atomic E-state index is 13.4. The van der Waals surface area contributed by atoms with Gasteiger partial charge in [-0.1, -0.05) is 25.1 Å². The van der Waals surface area contributed by atoms with E-state index in [0.717, 1.165) is 11.3 Å². The number of para-hydroxylation sites is 1. The van der Waals surface area contributed by atoms with Crippen molar-refractivity contribution in [2.75, 3.05) is 75.0 Å². The molecule has 26 heteroatoms. The van der Waals surface area contributed by atoms with Crippen LogP contribution in [0.15, 0.2) is 78.2 Å². The van der Waals surface area contributed by atoms with Crippen LogP contribution >= 0.6 is 0 Å². The molecular formula is C56H71N11O15. The number of anilines is 4. The summed E-state index contributed by atoms with van der Waals surface area (Å²) >= 11 is 0. The summed E-state index contributed by atoms with van der Waals surface area (Å²) in [6, 6.07) is 14.4. The molecule has 2 unspecified atom stereocenters. The van der Waals surface area contributed by atoms with E-state index in [1.165, 1.54) is 48.5 Å². The molecule has 1 aliphatic rings. The summed E-state index contributed by atoms with van der Waals surface area (Å²) in [4.78, 5) is 108. The van der Waals surface area contributed by atoms with E-state index in [1.807, 2.05) is 31.2 Å². The third-order valence-corrected chi connectivity index (χ3v) is 12.7. The Morgan fingerprint density at radius 2 is 1.39 bits per heavy atom. The largest absolute Gasteiger partial charge is 0.493 e. The van der Waals surface area contributed by atoms with Gasteiger partial charge in [-0.3, -0.25) is 33.8 Å². The van der Waals surface area contributed by atoms with Gasteiger partial charge in [0.25, 0.3) is 23.6 Å². The van der Waals surface area contributed by atoms with Crippen LogP contribution in [0.25, 0.3) is 0 Å². The van der Waals surface area contributed by atoms with E-state index in [2.05, 4.69) is 42.2 Å². The molecular weight excluding hydrogens is 1070 g/mol. The molecule has 2 aromatic carbocycles. The van der Waals surface area contributed by atoms with E-state index in [4.69, 9.17) is 28.4 Å². The Balaban J connectivity index is 0.880. The average Bonchev–Trinajstić information content (AvgIpc) is 4.28. The number of aliphatic imine (C=N–C) groups is 1. The SMILES string of the molecule is CCC(CO)OC(COC(=O)NCCC(=O)N[C@@H](C)C(=O)OCCCNC(=O)c1cc(NC(=O)c2cc(NC(=O)c3cc(NC(=O)CCCOc4cc5c(cc4OC)C(=O)Nc4ccccc4CC/C=N\5)cn3C)cn2C)cn1C)OC. The molecule has 6 rings (SSSR count). The van der Waals surface area contributed by atoms with Gasteiger partial charge in [-0.25, -0.2) is 9.59 Å². The molecule has 0 spiro atoms. The molecule has 3 aromatic heterocycles. The summed E-state index contributed by atoms with van der Waals surface area (Å²) in [5.74, 6) is -2.63. The number of nitrogens with zero attached hydrogens (tertiary/aromatic N) is 4. The number of hydrogen-bond acceptors (Lipinski definition) is 16. The Bertz CT molecular complexity index is 3100. The van der Waals surface area contributed by atoms with E-state index >= 15 is 0 Å². The molecule has 0 saturated carbocycles. The third-order valence-electron chi connectivity index (χ3n) is 12.7. The molecule has 7 amide bonds. The second-order valence-electron chi connectivity index (χ2n) is 18.9. The number of alkyl carbamates (subject to hydrolysis) is 1. The second kappa shape index (κ2) is 30.5. The van der Waals surface area contributed by atoms with Crippen LogP contribution in [0.3, 0.4) is 0 Å². The first kappa shape index (κ1) is 62.2. The normalized spacial score (nSPS) is 13.3. The smallest absolute Gasteiger partial charge is 0.407 e. The maximum Gasteiger partial charge on any atom is 0.407 e. The van der Waals surface area contributed by atoms with E-state index in [-0.39, 0.29) is 87.7 Å². The molecule has 5 aromatic rings. The van der Waals surface area contributed by atoms with Crippen molar-refractivity contribution in [3.63, 3.8) is 0 Å². The lowest BCUT2D eigenvalue weighted by atomic mass is 10.1. The van der Waals surface area contributed by atoms with Gasteiger partial charge in [-0.15, -0.1) is 0 Å². The van der Waals surface area contributed by atoms with Crippen molar-refractivity contribution in [1.29, 1.82) is 0 Å². The number of benzene rings is 2. The van der Waals surface area contributed by atoms with Gasteiger partial charge in [-0.05, 0) is 74.9 Å². The number of rotatable bonds is 28. The van der Waals surface area contributed by atoms with Gasteiger partial charge in [0.15, 0.2) is 17.8 Å². The first-order chi connectivity index (χ1) is 39.4. The van der Waals surface area contributed by atoms with Crippen LogP contribution in [0.5, 0.6) is 11.5 Å². The van der Waals surface area contributed by atoms with Crippen molar-refractivity contribution in [1.82, 2.24) is 29.7 Å². The van der Waals surface area contributed by atoms with Gasteiger partial charge < -0.3 is 84.4 Å². The van der Waals surface area contributed by atoms with Crippen molar-refractivity contribution in [3.05, 3.63) is 101 Å². The number of aliphatic hydroxyl groups is 1. The molecule has 0 saturated heterocycles. The van der Waals surface area contributed by atoms with Gasteiger partial charge in [-0.2, -0.15) is 0 Å². The highest BCUT2D eigenvalue weighted by molar-refractivity contribution is 6.09. The fraction of sp³-hybridized carbons (Fsp3) is 0.411. The number of aryl methyl sites for hydroxylation is 4. The summed E-state index contributed by atoms with van der Waals surface area (Å²) < 4.78 is 37.0. The predicted molar refractivity (Wildman–Crippen MR) is 302 cm³/mol. The quantitative estimate of drug-likeness (QED) is 0.0186. The first-order valence-corrected chi connectivity index (χ1v) is 26.5. The highest BCUT2D eigenvalue weighted by Gasteiger charge is 2.23. The number of ether oxygens (including phenoxy) is 6. The minimum atomic E-state index is -0.989. The summed E-state index contributed by atoms with van der Waals surface area (Å²) in [6.45, 7) is 2.96. The molecule has 4 heterocycles. The Hall–Kier alpha value is -9.01. The molecule has 0 aliphatic carbocycles. The monoisotopic (exact) mass is 1140 g/mol. The maximum absolute atomic E-state index is 13.4. The zero-order chi connectivity index (χ0) is 59.3. The van der Waals surface area contributed by atoms with E-state index in [0.29, 0.717) is 65.5 Å². The van der Waals surface area contributed by atoms with Crippen LogP contribution in [0.2, 0.25) is 0 Å². The summed E-state index contributed by atoms with van der Waals surface area (Å²) in [7, 11) is 7.76. The van der Waals surface area contributed by atoms with Crippen LogP contribution in [-0.2, 0) is 60.9 Å². The topological polar surface area (TPSA) is 324 Å². The van der Waals surface area contributed by atoms with E-state index < -0.39 is 54.1 Å². The van der Waals surface area contributed by atoms with Crippen LogP contribution in [0, 0.1) is 0 Å². The van der Waals surface area contributed by atoms with Gasteiger partial charge in [0.05, 0.1) is 61.3 Å². The van der Waals surface area contributed by atoms with Crippen LogP contribution < -0.4 is 46.7 Å². The number of hydrogen-bond donors (Lipinski definition) is 8. The van der Waals surface area contributed by atoms with Gasteiger partial charge in [0.2, 0.25) is 11.8 Å². The third kappa shape index (κ3) is 18.0. The number of fused-ring (bicyclic) bond motifs is 2. The zero-order valence-corrected chi connectivity index (χ0v) is 46.9. The number of nitrogens with one attached hydrogen (secondary N) is 7. The van der Waals surface area contributed by atoms with Crippen molar-refractivity contribution in [2.45, 2.75) is 77.2 Å². The molecule has 440 valence electrons. The van der Waals surface area contributed by atoms with Gasteiger partial charge in [0.1, 0.15) is 29.7 Å². The Morgan fingerprint density at radius 1 is 0.744 bits per heavy atom. The molecule has 26 nitrogen and oxygen atoms in total. The van der Waals surface area contributed by atoms with Crippen molar-refractivity contribution in [2.24, 2.45) is 26.1 Å². The molecule has 3 atom stereocenters. The van der Waals surface area contributed by atoms with Crippen molar-refractivity contribution < 1.29 is 71.9 Å². The van der Waals surface area contributed by atoms with Crippen LogP contribution in [0.4, 0.5) is 33.2 Å². The molecule has 0 bridgehead atoms. The van der Waals surface area contributed by atoms with Gasteiger partial charge in [0, 0.05) is 90.7 Å². The number of aromatic nitrogens is 3. The zero-order valence-electron chi connectivity index (χ0n) is 46.9. The first-order valence-electron chi connectivity index (χ1n) is 26.5. The van der Waals surface area contributed by atoms with Crippen molar-refractivity contribution in [3.8, 4) is 11.5 Å². The molecule has 0 fully saturated rings. The fourth-order valence-corrected chi connectivity index (χ4v) is 8.30. The second-order valence-corrected chi connectivity index (χ2v) is 18.9. The molecule has 8 N–H and O–H groups in total. The fourth-order valence-electron chi connectivity index (χ4n) is 8.30. The number of amides is 7. The van der Waals surface area contributed by atoms with Gasteiger partial charge >= 0.3 is 12.1 Å². The minimum absolute atomic E-state index is 0.0549. The number of carbonyl (C=O) groups is 8. The predicted octanol–water partition coefficient (Wildman–Crippen LogP) is 4.96. The summed E-state index contributed by atoms with van der Waals surface area (Å²) in [5, 5.41) is 28.3. The van der Waals surface area contributed by atoms with Crippen LogP contribution in [0.1, 0.15) is 99.8 Å². The summed E-state index contributed by atoms with van der Waals surface area (Å²) in [5.41, 5.74) is 4.19.